The zero-order chi connectivity index (χ0) is 16.4. The lowest BCUT2D eigenvalue weighted by Gasteiger charge is -2.26. The Labute approximate surface area is 143 Å². The molecule has 7 nitrogen and oxygen atoms in total. The first-order valence-corrected chi connectivity index (χ1v) is 8.85. The molecule has 0 amide bonds. The SMILES string of the molecule is Nc1cc(NCCN2CCOCC2)c2sc(-c3ccn[nH]3)cc2n1. The second-order valence-corrected chi connectivity index (χ2v) is 6.82. The fourth-order valence-corrected chi connectivity index (χ4v) is 3.94. The number of thiophene rings is 1. The molecule has 126 valence electrons. The topological polar surface area (TPSA) is 92.1 Å². The number of rotatable bonds is 5. The third-order valence-electron chi connectivity index (χ3n) is 4.11. The van der Waals surface area contributed by atoms with Crippen molar-refractivity contribution in [2.75, 3.05) is 50.4 Å². The van der Waals surface area contributed by atoms with Crippen LogP contribution in [-0.2, 0) is 4.74 Å². The first kappa shape index (κ1) is 15.4. The van der Waals surface area contributed by atoms with Gasteiger partial charge in [0.05, 0.1) is 39.7 Å². The van der Waals surface area contributed by atoms with Gasteiger partial charge in [-0.1, -0.05) is 0 Å². The van der Waals surface area contributed by atoms with Gasteiger partial charge >= 0.3 is 0 Å². The van der Waals surface area contributed by atoms with E-state index in [0.29, 0.717) is 5.82 Å². The van der Waals surface area contributed by atoms with Crippen LogP contribution in [0.15, 0.2) is 24.4 Å². The highest BCUT2D eigenvalue weighted by Crippen LogP contribution is 2.36. The van der Waals surface area contributed by atoms with Gasteiger partial charge in [-0.15, -0.1) is 11.3 Å². The molecule has 1 aliphatic rings. The number of nitrogens with two attached hydrogens (primary N) is 1. The number of nitrogen functional groups attached to an aromatic ring is 1. The number of nitrogens with one attached hydrogen (secondary N) is 2. The van der Waals surface area contributed by atoms with E-state index >= 15 is 0 Å². The quantitative estimate of drug-likeness (QED) is 0.656. The predicted molar refractivity (Wildman–Crippen MR) is 97.4 cm³/mol. The second-order valence-electron chi connectivity index (χ2n) is 5.77. The number of nitrogens with zero attached hydrogens (tertiary/aromatic N) is 3. The van der Waals surface area contributed by atoms with Gasteiger partial charge in [0.1, 0.15) is 5.82 Å². The van der Waals surface area contributed by atoms with E-state index in [4.69, 9.17) is 10.5 Å². The summed E-state index contributed by atoms with van der Waals surface area (Å²) in [4.78, 5) is 7.97. The Morgan fingerprint density at radius 2 is 2.21 bits per heavy atom. The highest BCUT2D eigenvalue weighted by Gasteiger charge is 2.13. The fraction of sp³-hybridized carbons (Fsp3) is 0.375. The van der Waals surface area contributed by atoms with Crippen molar-refractivity contribution in [3.63, 3.8) is 0 Å². The molecule has 0 bridgehead atoms. The Kier molecular flexibility index (Phi) is 4.33. The summed E-state index contributed by atoms with van der Waals surface area (Å²) in [6, 6.07) is 5.92. The van der Waals surface area contributed by atoms with Crippen molar-refractivity contribution in [3.8, 4) is 10.6 Å². The van der Waals surface area contributed by atoms with Crippen LogP contribution in [0.4, 0.5) is 11.5 Å². The molecule has 0 saturated carbocycles. The molecule has 1 aliphatic heterocycles. The van der Waals surface area contributed by atoms with Crippen LogP contribution in [0.3, 0.4) is 0 Å². The summed E-state index contributed by atoms with van der Waals surface area (Å²) in [6.45, 7) is 5.51. The van der Waals surface area contributed by atoms with E-state index in [1.54, 1.807) is 17.5 Å². The molecule has 4 rings (SSSR count). The number of pyridine rings is 1. The van der Waals surface area contributed by atoms with E-state index in [1.807, 2.05) is 12.1 Å². The number of morpholine rings is 1. The first-order valence-electron chi connectivity index (χ1n) is 8.03. The van der Waals surface area contributed by atoms with Gasteiger partial charge in [-0.3, -0.25) is 10.00 Å². The van der Waals surface area contributed by atoms with Crippen LogP contribution >= 0.6 is 11.3 Å². The van der Waals surface area contributed by atoms with Crippen LogP contribution < -0.4 is 11.1 Å². The zero-order valence-corrected chi connectivity index (χ0v) is 14.1. The fourth-order valence-electron chi connectivity index (χ4n) is 2.87. The number of aromatic nitrogens is 3. The third-order valence-corrected chi connectivity index (χ3v) is 5.30. The minimum Gasteiger partial charge on any atom is -0.384 e. The summed E-state index contributed by atoms with van der Waals surface area (Å²) in [6.07, 6.45) is 1.75. The van der Waals surface area contributed by atoms with E-state index in [1.165, 1.54) is 0 Å². The van der Waals surface area contributed by atoms with Crippen LogP contribution in [-0.4, -0.2) is 59.5 Å². The number of anilines is 2. The van der Waals surface area contributed by atoms with Gasteiger partial charge in [-0.2, -0.15) is 5.10 Å². The van der Waals surface area contributed by atoms with Gasteiger partial charge in [0, 0.05) is 38.4 Å². The highest BCUT2D eigenvalue weighted by molar-refractivity contribution is 7.22. The lowest BCUT2D eigenvalue weighted by Crippen LogP contribution is -2.39. The second kappa shape index (κ2) is 6.76. The molecular weight excluding hydrogens is 324 g/mol. The maximum atomic E-state index is 5.97. The van der Waals surface area contributed by atoms with Gasteiger partial charge in [0.15, 0.2) is 0 Å². The molecule has 4 N–H and O–H groups in total. The summed E-state index contributed by atoms with van der Waals surface area (Å²) in [5.41, 5.74) is 8.93. The van der Waals surface area contributed by atoms with Gasteiger partial charge in [0.2, 0.25) is 0 Å². The normalized spacial score (nSPS) is 15.8. The minimum absolute atomic E-state index is 0.533. The minimum atomic E-state index is 0.533. The lowest BCUT2D eigenvalue weighted by molar-refractivity contribution is 0.0398. The monoisotopic (exact) mass is 344 g/mol. The molecule has 0 spiro atoms. The Hall–Kier alpha value is -2.16. The van der Waals surface area contributed by atoms with Crippen molar-refractivity contribution in [2.24, 2.45) is 0 Å². The largest absolute Gasteiger partial charge is 0.384 e. The molecule has 3 aromatic heterocycles. The van der Waals surface area contributed by atoms with Crippen LogP contribution in [0.2, 0.25) is 0 Å². The number of fused-ring (bicyclic) bond motifs is 1. The number of aromatic amines is 1. The number of H-pyrrole nitrogens is 1. The average molecular weight is 344 g/mol. The summed E-state index contributed by atoms with van der Waals surface area (Å²) in [5.74, 6) is 0.533. The van der Waals surface area contributed by atoms with Gasteiger partial charge in [-0.25, -0.2) is 4.98 Å². The van der Waals surface area contributed by atoms with Crippen LogP contribution in [0.1, 0.15) is 0 Å². The molecule has 3 aromatic rings. The standard InChI is InChI=1S/C16H20N6OS/c17-15-10-12(18-3-4-22-5-7-23-8-6-22)16-13(20-15)9-14(24-16)11-1-2-19-21-11/h1-2,9-10H,3-8H2,(H,19,21)(H3,17,18,20). The summed E-state index contributed by atoms with van der Waals surface area (Å²) < 4.78 is 6.50. The molecule has 1 saturated heterocycles. The van der Waals surface area contributed by atoms with Crippen molar-refractivity contribution < 1.29 is 4.74 Å². The molecular formula is C16H20N6OS. The Morgan fingerprint density at radius 3 is 3.00 bits per heavy atom. The molecule has 24 heavy (non-hydrogen) atoms. The van der Waals surface area contributed by atoms with Crippen molar-refractivity contribution in [1.82, 2.24) is 20.1 Å². The van der Waals surface area contributed by atoms with Crippen molar-refractivity contribution in [3.05, 3.63) is 24.4 Å². The third kappa shape index (κ3) is 3.21. The van der Waals surface area contributed by atoms with Gasteiger partial charge < -0.3 is 15.8 Å². The molecule has 0 atom stereocenters. The summed E-state index contributed by atoms with van der Waals surface area (Å²) >= 11 is 1.69. The maximum absolute atomic E-state index is 5.97. The first-order chi connectivity index (χ1) is 11.8. The number of hydrogen-bond donors (Lipinski definition) is 3. The van der Waals surface area contributed by atoms with E-state index in [2.05, 4.69) is 31.5 Å². The molecule has 8 heteroatoms. The average Bonchev–Trinajstić information content (AvgIpc) is 3.24. The maximum Gasteiger partial charge on any atom is 0.126 e. The van der Waals surface area contributed by atoms with Gasteiger partial charge in [-0.05, 0) is 12.1 Å². The van der Waals surface area contributed by atoms with E-state index in [9.17, 15) is 0 Å². The summed E-state index contributed by atoms with van der Waals surface area (Å²) in [5, 5.41) is 10.5. The molecule has 0 radical (unpaired) electrons. The van der Waals surface area contributed by atoms with Crippen LogP contribution in [0.25, 0.3) is 20.8 Å². The van der Waals surface area contributed by atoms with E-state index in [0.717, 1.165) is 65.9 Å². The van der Waals surface area contributed by atoms with Crippen LogP contribution in [0, 0.1) is 0 Å². The van der Waals surface area contributed by atoms with Crippen LogP contribution in [0.5, 0.6) is 0 Å². The molecule has 4 heterocycles. The highest BCUT2D eigenvalue weighted by atomic mass is 32.1. The molecule has 1 fully saturated rings. The molecule has 0 aliphatic carbocycles. The number of ether oxygens (including phenoxy) is 1. The smallest absolute Gasteiger partial charge is 0.126 e. The van der Waals surface area contributed by atoms with Crippen molar-refractivity contribution in [1.29, 1.82) is 0 Å². The van der Waals surface area contributed by atoms with E-state index < -0.39 is 0 Å². The van der Waals surface area contributed by atoms with Crippen molar-refractivity contribution >= 4 is 33.1 Å². The number of hydrogen-bond acceptors (Lipinski definition) is 7. The Balaban J connectivity index is 1.53. The zero-order valence-electron chi connectivity index (χ0n) is 13.3. The van der Waals surface area contributed by atoms with Gasteiger partial charge in [0.25, 0.3) is 0 Å². The summed E-state index contributed by atoms with van der Waals surface area (Å²) in [7, 11) is 0. The Morgan fingerprint density at radius 1 is 1.33 bits per heavy atom. The molecule has 0 aromatic carbocycles. The lowest BCUT2D eigenvalue weighted by atomic mass is 10.3. The van der Waals surface area contributed by atoms with Crippen molar-refractivity contribution in [2.45, 2.75) is 0 Å². The van der Waals surface area contributed by atoms with E-state index in [-0.39, 0.29) is 0 Å². The predicted octanol–water partition coefficient (Wildman–Crippen LogP) is 2.01. The Bertz CT molecular complexity index is 809. The molecule has 0 unspecified atom stereocenters.